The van der Waals surface area contributed by atoms with E-state index in [0.717, 1.165) is 4.57 Å². The molecule has 0 amide bonds. The number of imidazole rings is 1. The van der Waals surface area contributed by atoms with E-state index in [-0.39, 0.29) is 18.6 Å². The number of aliphatic hydroxyl groups excluding tert-OH is 1. The second-order valence-corrected chi connectivity index (χ2v) is 6.94. The molecule has 1 unspecified atom stereocenters. The number of fused-ring (bicyclic) bond motifs is 1. The van der Waals surface area contributed by atoms with E-state index in [1.54, 1.807) is 11.6 Å². The number of hydrogen-bond donors (Lipinski definition) is 3. The SMILES string of the molecule is CC(C)NCC(O)Cn1c(NC(C)C)nc2c1c(=O)n(C)c(=O)n2C. The van der Waals surface area contributed by atoms with Gasteiger partial charge in [0.1, 0.15) is 0 Å². The van der Waals surface area contributed by atoms with Gasteiger partial charge in [-0.1, -0.05) is 13.8 Å². The van der Waals surface area contributed by atoms with Crippen molar-refractivity contribution >= 4 is 17.1 Å². The summed E-state index contributed by atoms with van der Waals surface area (Å²) < 4.78 is 4.06. The Kier molecular flexibility index (Phi) is 5.69. The Bertz CT molecular complexity index is 861. The van der Waals surface area contributed by atoms with Crippen LogP contribution in [-0.2, 0) is 20.6 Å². The van der Waals surface area contributed by atoms with Crippen LogP contribution in [0, 0.1) is 0 Å². The molecule has 0 radical (unpaired) electrons. The van der Waals surface area contributed by atoms with Crippen LogP contribution in [-0.4, -0.2) is 48.5 Å². The van der Waals surface area contributed by atoms with Gasteiger partial charge < -0.3 is 20.3 Å². The van der Waals surface area contributed by atoms with Crippen LogP contribution in [0.25, 0.3) is 11.2 Å². The number of aromatic nitrogens is 4. The van der Waals surface area contributed by atoms with Crippen LogP contribution in [0.5, 0.6) is 0 Å². The van der Waals surface area contributed by atoms with E-state index in [1.165, 1.54) is 11.6 Å². The Morgan fingerprint density at radius 1 is 1.08 bits per heavy atom. The molecular formula is C16H28N6O3. The highest BCUT2D eigenvalue weighted by Crippen LogP contribution is 2.17. The Morgan fingerprint density at radius 2 is 1.72 bits per heavy atom. The Balaban J connectivity index is 2.58. The molecule has 0 aliphatic rings. The predicted molar refractivity (Wildman–Crippen MR) is 98.1 cm³/mol. The molecule has 2 aromatic heterocycles. The van der Waals surface area contributed by atoms with Crippen LogP contribution in [0.1, 0.15) is 27.7 Å². The second-order valence-electron chi connectivity index (χ2n) is 6.94. The number of hydrogen-bond acceptors (Lipinski definition) is 6. The zero-order chi connectivity index (χ0) is 18.9. The van der Waals surface area contributed by atoms with Gasteiger partial charge in [0.05, 0.1) is 12.6 Å². The molecule has 0 aliphatic heterocycles. The van der Waals surface area contributed by atoms with Gasteiger partial charge in [-0.05, 0) is 13.8 Å². The number of anilines is 1. The van der Waals surface area contributed by atoms with Crippen molar-refractivity contribution in [3.8, 4) is 0 Å². The van der Waals surface area contributed by atoms with Crippen molar-refractivity contribution in [2.45, 2.75) is 52.4 Å². The summed E-state index contributed by atoms with van der Waals surface area (Å²) in [6.07, 6.45) is -0.700. The van der Waals surface area contributed by atoms with E-state index in [0.29, 0.717) is 23.7 Å². The standard InChI is InChI=1S/C16H28N6O3/c1-9(2)17-7-11(23)8-22-12-13(19-15(22)18-10(3)4)20(5)16(25)21(6)14(12)24/h9-11,17,23H,7-8H2,1-6H3,(H,18,19). The highest BCUT2D eigenvalue weighted by Gasteiger charge is 2.21. The molecule has 2 heterocycles. The van der Waals surface area contributed by atoms with Gasteiger partial charge in [0, 0.05) is 32.7 Å². The molecule has 9 heteroatoms. The third-order valence-electron chi connectivity index (χ3n) is 3.92. The number of nitrogens with zero attached hydrogens (tertiary/aromatic N) is 4. The molecule has 0 fully saturated rings. The first kappa shape index (κ1) is 19.2. The van der Waals surface area contributed by atoms with Crippen molar-refractivity contribution in [3.05, 3.63) is 20.8 Å². The van der Waals surface area contributed by atoms with E-state index < -0.39 is 17.4 Å². The second kappa shape index (κ2) is 7.40. The fourth-order valence-corrected chi connectivity index (χ4v) is 2.64. The lowest BCUT2D eigenvalue weighted by Gasteiger charge is -2.18. The summed E-state index contributed by atoms with van der Waals surface area (Å²) in [5, 5.41) is 16.7. The number of aliphatic hydroxyl groups is 1. The van der Waals surface area contributed by atoms with Gasteiger partial charge in [-0.3, -0.25) is 13.9 Å². The van der Waals surface area contributed by atoms with Crippen molar-refractivity contribution in [1.29, 1.82) is 0 Å². The molecule has 0 aliphatic carbocycles. The fraction of sp³-hybridized carbons (Fsp3) is 0.688. The molecular weight excluding hydrogens is 324 g/mol. The van der Waals surface area contributed by atoms with Crippen LogP contribution in [0.15, 0.2) is 9.59 Å². The molecule has 0 saturated carbocycles. The monoisotopic (exact) mass is 352 g/mol. The van der Waals surface area contributed by atoms with E-state index in [4.69, 9.17) is 0 Å². The lowest BCUT2D eigenvalue weighted by molar-refractivity contribution is 0.150. The zero-order valence-corrected chi connectivity index (χ0v) is 15.7. The number of aryl methyl sites for hydroxylation is 1. The quantitative estimate of drug-likeness (QED) is 0.627. The van der Waals surface area contributed by atoms with Gasteiger partial charge in [-0.15, -0.1) is 0 Å². The molecule has 0 aromatic carbocycles. The molecule has 0 spiro atoms. The number of nitrogens with one attached hydrogen (secondary N) is 2. The maximum absolute atomic E-state index is 12.6. The van der Waals surface area contributed by atoms with Crippen molar-refractivity contribution in [1.82, 2.24) is 24.0 Å². The van der Waals surface area contributed by atoms with Crippen LogP contribution in [0.2, 0.25) is 0 Å². The van der Waals surface area contributed by atoms with Gasteiger partial charge >= 0.3 is 5.69 Å². The summed E-state index contributed by atoms with van der Waals surface area (Å²) >= 11 is 0. The van der Waals surface area contributed by atoms with Crippen molar-refractivity contribution < 1.29 is 5.11 Å². The first-order valence-corrected chi connectivity index (χ1v) is 8.47. The van der Waals surface area contributed by atoms with Gasteiger partial charge in [0.2, 0.25) is 5.95 Å². The van der Waals surface area contributed by atoms with Crippen LogP contribution < -0.4 is 21.9 Å². The van der Waals surface area contributed by atoms with Gasteiger partial charge in [-0.25, -0.2) is 4.79 Å². The minimum atomic E-state index is -0.700. The summed E-state index contributed by atoms with van der Waals surface area (Å²) in [4.78, 5) is 29.2. The van der Waals surface area contributed by atoms with E-state index in [1.807, 2.05) is 27.7 Å². The van der Waals surface area contributed by atoms with Crippen molar-refractivity contribution in [2.24, 2.45) is 14.1 Å². The van der Waals surface area contributed by atoms with Gasteiger partial charge in [0.15, 0.2) is 11.2 Å². The average molecular weight is 352 g/mol. The Morgan fingerprint density at radius 3 is 2.28 bits per heavy atom. The Labute approximate surface area is 146 Å². The summed E-state index contributed by atoms with van der Waals surface area (Å²) in [6, 6.07) is 0.332. The largest absolute Gasteiger partial charge is 0.390 e. The molecule has 2 rings (SSSR count). The summed E-state index contributed by atoms with van der Waals surface area (Å²) in [5.41, 5.74) is -0.247. The molecule has 0 bridgehead atoms. The summed E-state index contributed by atoms with van der Waals surface area (Å²) in [7, 11) is 3.02. The molecule has 0 saturated heterocycles. The highest BCUT2D eigenvalue weighted by atomic mass is 16.3. The van der Waals surface area contributed by atoms with Crippen LogP contribution >= 0.6 is 0 Å². The summed E-state index contributed by atoms with van der Waals surface area (Å²) in [6.45, 7) is 8.49. The fourth-order valence-electron chi connectivity index (χ4n) is 2.64. The molecule has 1 atom stereocenters. The van der Waals surface area contributed by atoms with E-state index in [9.17, 15) is 14.7 Å². The van der Waals surface area contributed by atoms with Gasteiger partial charge in [0.25, 0.3) is 5.56 Å². The van der Waals surface area contributed by atoms with Crippen LogP contribution in [0.3, 0.4) is 0 Å². The molecule has 25 heavy (non-hydrogen) atoms. The Hall–Kier alpha value is -2.13. The highest BCUT2D eigenvalue weighted by molar-refractivity contribution is 5.74. The smallest absolute Gasteiger partial charge is 0.332 e. The predicted octanol–water partition coefficient (Wildman–Crippen LogP) is -0.387. The first-order chi connectivity index (χ1) is 11.6. The van der Waals surface area contributed by atoms with Gasteiger partial charge in [-0.2, -0.15) is 4.98 Å². The topological polar surface area (TPSA) is 106 Å². The maximum atomic E-state index is 12.6. The average Bonchev–Trinajstić information content (AvgIpc) is 2.86. The van der Waals surface area contributed by atoms with Crippen molar-refractivity contribution in [3.63, 3.8) is 0 Å². The van der Waals surface area contributed by atoms with Crippen LogP contribution in [0.4, 0.5) is 5.95 Å². The third-order valence-corrected chi connectivity index (χ3v) is 3.92. The lowest BCUT2D eigenvalue weighted by atomic mass is 10.3. The first-order valence-electron chi connectivity index (χ1n) is 8.47. The van der Waals surface area contributed by atoms with E-state index in [2.05, 4.69) is 15.6 Å². The molecule has 140 valence electrons. The minimum Gasteiger partial charge on any atom is -0.390 e. The normalized spacial score (nSPS) is 13.2. The van der Waals surface area contributed by atoms with E-state index >= 15 is 0 Å². The summed E-state index contributed by atoms with van der Waals surface area (Å²) in [5.74, 6) is 0.465. The van der Waals surface area contributed by atoms with Crippen molar-refractivity contribution in [2.75, 3.05) is 11.9 Å². The molecule has 2 aromatic rings. The minimum absolute atomic E-state index is 0.0855. The number of rotatable bonds is 7. The molecule has 9 nitrogen and oxygen atoms in total. The zero-order valence-electron chi connectivity index (χ0n) is 15.7. The third kappa shape index (κ3) is 3.93. The molecule has 3 N–H and O–H groups in total. The maximum Gasteiger partial charge on any atom is 0.332 e. The lowest BCUT2D eigenvalue weighted by Crippen LogP contribution is -2.38.